The number of esters is 3. The first-order valence-electron chi connectivity index (χ1n) is 6.90. The Hall–Kier alpha value is -1.96. The molecule has 22 heavy (non-hydrogen) atoms. The molecular weight excluding hydrogens is 296 g/mol. The smallest absolute Gasteiger partial charge is 0.303 e. The molecule has 0 aromatic rings. The monoisotopic (exact) mass is 316 g/mol. The summed E-state index contributed by atoms with van der Waals surface area (Å²) < 4.78 is 20.8. The van der Waals surface area contributed by atoms with Crippen molar-refractivity contribution < 1.29 is 38.1 Å². The van der Waals surface area contributed by atoms with Crippen molar-refractivity contribution in [1.82, 2.24) is 0 Å². The maximum absolute atomic E-state index is 11.3. The Kier molecular flexibility index (Phi) is 6.97. The van der Waals surface area contributed by atoms with Crippen molar-refractivity contribution in [1.29, 1.82) is 0 Å². The molecule has 0 spiro atoms. The van der Waals surface area contributed by atoms with E-state index in [1.807, 2.05) is 0 Å². The molecule has 4 atom stereocenters. The molecule has 1 saturated heterocycles. The molecule has 0 radical (unpaired) electrons. The van der Waals surface area contributed by atoms with Crippen LogP contribution >= 0.6 is 0 Å². The normalized spacial score (nSPS) is 27.6. The molecular formula is C14H20O8. The Morgan fingerprint density at radius 1 is 1.09 bits per heavy atom. The van der Waals surface area contributed by atoms with Gasteiger partial charge in [0, 0.05) is 33.6 Å². The second-order valence-electron chi connectivity index (χ2n) is 4.96. The van der Waals surface area contributed by atoms with Gasteiger partial charge >= 0.3 is 17.9 Å². The van der Waals surface area contributed by atoms with E-state index in [-0.39, 0.29) is 19.4 Å². The van der Waals surface area contributed by atoms with Crippen LogP contribution in [0.5, 0.6) is 0 Å². The van der Waals surface area contributed by atoms with Crippen molar-refractivity contribution >= 4 is 24.2 Å². The zero-order valence-corrected chi connectivity index (χ0v) is 12.8. The zero-order chi connectivity index (χ0) is 16.7. The van der Waals surface area contributed by atoms with E-state index in [9.17, 15) is 19.2 Å². The highest BCUT2D eigenvalue weighted by molar-refractivity contribution is 5.67. The van der Waals surface area contributed by atoms with Gasteiger partial charge in [-0.1, -0.05) is 0 Å². The molecule has 1 unspecified atom stereocenters. The fourth-order valence-corrected chi connectivity index (χ4v) is 2.28. The van der Waals surface area contributed by atoms with Gasteiger partial charge in [0.2, 0.25) is 0 Å². The molecule has 1 aliphatic rings. The third kappa shape index (κ3) is 5.80. The summed E-state index contributed by atoms with van der Waals surface area (Å²) in [5, 5.41) is 0. The Morgan fingerprint density at radius 3 is 2.23 bits per heavy atom. The van der Waals surface area contributed by atoms with Crippen molar-refractivity contribution in [3.8, 4) is 0 Å². The van der Waals surface area contributed by atoms with Crippen LogP contribution in [0, 0.1) is 0 Å². The molecule has 124 valence electrons. The summed E-state index contributed by atoms with van der Waals surface area (Å²) in [5.74, 6) is -1.64. The number of carbonyl (C=O) groups is 4. The third-order valence-electron chi connectivity index (χ3n) is 3.02. The lowest BCUT2D eigenvalue weighted by molar-refractivity contribution is -0.214. The fourth-order valence-electron chi connectivity index (χ4n) is 2.28. The zero-order valence-electron chi connectivity index (χ0n) is 12.8. The first-order chi connectivity index (χ1) is 10.3. The first kappa shape index (κ1) is 18.1. The topological polar surface area (TPSA) is 105 Å². The number of aldehydes is 1. The van der Waals surface area contributed by atoms with Gasteiger partial charge in [0.25, 0.3) is 0 Å². The molecule has 1 heterocycles. The molecule has 8 heteroatoms. The molecule has 8 nitrogen and oxygen atoms in total. The van der Waals surface area contributed by atoms with Crippen molar-refractivity contribution in [2.75, 3.05) is 6.61 Å². The Bertz CT molecular complexity index is 433. The largest absolute Gasteiger partial charge is 0.463 e. The van der Waals surface area contributed by atoms with Crippen molar-refractivity contribution in [2.45, 2.75) is 58.0 Å². The summed E-state index contributed by atoms with van der Waals surface area (Å²) in [4.78, 5) is 44.1. The molecule has 0 aliphatic carbocycles. The van der Waals surface area contributed by atoms with Crippen LogP contribution in [0.15, 0.2) is 0 Å². The highest BCUT2D eigenvalue weighted by Gasteiger charge is 2.43. The van der Waals surface area contributed by atoms with Crippen LogP contribution in [0.1, 0.15) is 33.6 Å². The second kappa shape index (κ2) is 8.47. The van der Waals surface area contributed by atoms with E-state index < -0.39 is 42.3 Å². The maximum atomic E-state index is 11.3. The number of hydrogen-bond acceptors (Lipinski definition) is 8. The van der Waals surface area contributed by atoms with Crippen molar-refractivity contribution in [3.05, 3.63) is 0 Å². The predicted molar refractivity (Wildman–Crippen MR) is 71.7 cm³/mol. The van der Waals surface area contributed by atoms with E-state index in [0.717, 1.165) is 0 Å². The Balaban J connectivity index is 2.91. The summed E-state index contributed by atoms with van der Waals surface area (Å²) in [6, 6.07) is 0. The molecule has 0 aromatic heterocycles. The summed E-state index contributed by atoms with van der Waals surface area (Å²) in [6.07, 6.45) is -1.98. The lowest BCUT2D eigenvalue weighted by Gasteiger charge is -2.39. The standard InChI is InChI=1S/C14H20O8/c1-8(16)19-7-13-14(21-10(3)18)12(20-9(2)17)6-11(22-13)4-5-15/h5,11-14H,4,6-7H2,1-3H3/t11?,12-,13-,14-/m1/s1. The summed E-state index contributed by atoms with van der Waals surface area (Å²) >= 11 is 0. The quantitative estimate of drug-likeness (QED) is 0.387. The molecule has 1 fully saturated rings. The minimum atomic E-state index is -0.899. The average Bonchev–Trinajstić information content (AvgIpc) is 2.38. The number of rotatable bonds is 6. The van der Waals surface area contributed by atoms with Crippen molar-refractivity contribution in [3.63, 3.8) is 0 Å². The van der Waals surface area contributed by atoms with Gasteiger partial charge in [-0.2, -0.15) is 0 Å². The summed E-state index contributed by atoms with van der Waals surface area (Å²) in [7, 11) is 0. The van der Waals surface area contributed by atoms with Gasteiger partial charge in [-0.25, -0.2) is 0 Å². The lowest BCUT2D eigenvalue weighted by Crippen LogP contribution is -2.53. The van der Waals surface area contributed by atoms with Gasteiger partial charge in [0.05, 0.1) is 6.10 Å². The van der Waals surface area contributed by atoms with Gasteiger partial charge in [0.15, 0.2) is 6.10 Å². The van der Waals surface area contributed by atoms with Crippen LogP contribution in [0.3, 0.4) is 0 Å². The molecule has 0 amide bonds. The first-order valence-corrected chi connectivity index (χ1v) is 6.90. The van der Waals surface area contributed by atoms with E-state index in [4.69, 9.17) is 18.9 Å². The third-order valence-corrected chi connectivity index (χ3v) is 3.02. The van der Waals surface area contributed by atoms with E-state index >= 15 is 0 Å². The minimum Gasteiger partial charge on any atom is -0.463 e. The van der Waals surface area contributed by atoms with Gasteiger partial charge < -0.3 is 23.7 Å². The molecule has 1 aliphatic heterocycles. The Labute approximate surface area is 128 Å². The minimum absolute atomic E-state index is 0.0983. The molecule has 0 bridgehead atoms. The van der Waals surface area contributed by atoms with Gasteiger partial charge in [-0.05, 0) is 0 Å². The van der Waals surface area contributed by atoms with E-state index in [2.05, 4.69) is 0 Å². The van der Waals surface area contributed by atoms with Crippen LogP contribution in [-0.4, -0.2) is 55.2 Å². The average molecular weight is 316 g/mol. The predicted octanol–water partition coefficient (Wildman–Crippen LogP) is 0.159. The van der Waals surface area contributed by atoms with Crippen LogP contribution in [0.2, 0.25) is 0 Å². The van der Waals surface area contributed by atoms with Crippen LogP contribution in [0.4, 0.5) is 0 Å². The van der Waals surface area contributed by atoms with Crippen LogP contribution < -0.4 is 0 Å². The maximum Gasteiger partial charge on any atom is 0.303 e. The van der Waals surface area contributed by atoms with Gasteiger partial charge in [0.1, 0.15) is 25.1 Å². The van der Waals surface area contributed by atoms with Gasteiger partial charge in [-0.3, -0.25) is 14.4 Å². The van der Waals surface area contributed by atoms with E-state index in [1.165, 1.54) is 20.8 Å². The highest BCUT2D eigenvalue weighted by Crippen LogP contribution is 2.27. The number of hydrogen-bond donors (Lipinski definition) is 0. The molecule has 0 N–H and O–H groups in total. The van der Waals surface area contributed by atoms with E-state index in [0.29, 0.717) is 6.29 Å². The van der Waals surface area contributed by atoms with E-state index in [1.54, 1.807) is 0 Å². The van der Waals surface area contributed by atoms with Crippen LogP contribution in [0.25, 0.3) is 0 Å². The van der Waals surface area contributed by atoms with Gasteiger partial charge in [-0.15, -0.1) is 0 Å². The summed E-state index contributed by atoms with van der Waals surface area (Å²) in [5.41, 5.74) is 0. The SMILES string of the molecule is CC(=O)OC[C@H]1OC(CC=O)C[C@@H](OC(C)=O)[C@H]1OC(C)=O. The van der Waals surface area contributed by atoms with Crippen molar-refractivity contribution in [2.24, 2.45) is 0 Å². The Morgan fingerprint density at radius 2 is 1.73 bits per heavy atom. The molecule has 0 aromatic carbocycles. The number of carbonyl (C=O) groups excluding carboxylic acids is 4. The number of ether oxygens (including phenoxy) is 4. The fraction of sp³-hybridized carbons (Fsp3) is 0.714. The highest BCUT2D eigenvalue weighted by atomic mass is 16.6. The second-order valence-corrected chi connectivity index (χ2v) is 4.96. The molecule has 0 saturated carbocycles. The molecule has 1 rings (SSSR count). The van der Waals surface area contributed by atoms with Crippen LogP contribution in [-0.2, 0) is 38.1 Å². The lowest BCUT2D eigenvalue weighted by atomic mass is 9.96. The summed E-state index contributed by atoms with van der Waals surface area (Å²) in [6.45, 7) is 3.51.